The zero-order chi connectivity index (χ0) is 10.1. The summed E-state index contributed by atoms with van der Waals surface area (Å²) < 4.78 is 4.88. The van der Waals surface area contributed by atoms with E-state index in [0.717, 1.165) is 25.0 Å². The van der Waals surface area contributed by atoms with E-state index in [-0.39, 0.29) is 0 Å². The molecule has 72 valence electrons. The van der Waals surface area contributed by atoms with Gasteiger partial charge in [0, 0.05) is 28.2 Å². The van der Waals surface area contributed by atoms with Crippen LogP contribution in [0, 0.1) is 10.8 Å². The first-order valence-corrected chi connectivity index (χ1v) is 6.15. The van der Waals surface area contributed by atoms with Gasteiger partial charge in [-0.25, -0.2) is 4.98 Å². The predicted molar refractivity (Wildman–Crippen MR) is 67.8 cm³/mol. The van der Waals surface area contributed by atoms with Gasteiger partial charge in [0.1, 0.15) is 5.01 Å². The van der Waals surface area contributed by atoms with E-state index in [4.69, 9.17) is 11.6 Å². The molecule has 0 spiro atoms. The smallest absolute Gasteiger partial charge is 0.203 e. The number of halogens is 2. The van der Waals surface area contributed by atoms with E-state index >= 15 is 0 Å². The van der Waals surface area contributed by atoms with Crippen LogP contribution in [0.4, 0.5) is 0 Å². The van der Waals surface area contributed by atoms with Gasteiger partial charge in [0.25, 0.3) is 0 Å². The summed E-state index contributed by atoms with van der Waals surface area (Å²) in [4.78, 5) is 4.28. The molecule has 2 nitrogen and oxygen atoms in total. The average molecular weight is 337 g/mol. The highest BCUT2D eigenvalue weighted by atomic mass is 127. The Bertz CT molecular complexity index is 470. The minimum absolute atomic E-state index is 0.734. The number of hydrogen-bond acceptors (Lipinski definition) is 3. The van der Waals surface area contributed by atoms with Crippen LogP contribution in [0.1, 0.15) is 5.56 Å². The molecule has 0 aliphatic heterocycles. The van der Waals surface area contributed by atoms with Crippen molar-refractivity contribution in [3.63, 3.8) is 0 Å². The third-order valence-electron chi connectivity index (χ3n) is 1.76. The molecule has 1 aromatic carbocycles. The lowest BCUT2D eigenvalue weighted by Gasteiger charge is -2.00. The number of hydrogen-bond donors (Lipinski definition) is 0. The molecule has 1 heterocycles. The molecule has 0 saturated carbocycles. The first-order valence-electron chi connectivity index (χ1n) is 3.92. The summed E-state index contributed by atoms with van der Waals surface area (Å²) in [7, 11) is 0. The molecule has 1 aromatic heterocycles. The van der Waals surface area contributed by atoms with E-state index in [1.165, 1.54) is 11.5 Å². The Labute approximate surface area is 105 Å². The van der Waals surface area contributed by atoms with E-state index < -0.39 is 0 Å². The molecule has 2 rings (SSSR count). The van der Waals surface area contributed by atoms with Crippen molar-refractivity contribution in [2.24, 2.45) is 0 Å². The maximum Gasteiger partial charge on any atom is 0.203 e. The number of rotatable bonds is 1. The first-order chi connectivity index (χ1) is 6.66. The third kappa shape index (κ3) is 2.07. The molecular weight excluding hydrogens is 331 g/mol. The van der Waals surface area contributed by atoms with Gasteiger partial charge in [-0.15, -0.1) is 0 Å². The van der Waals surface area contributed by atoms with Crippen LogP contribution in [0.3, 0.4) is 0 Å². The van der Waals surface area contributed by atoms with Crippen LogP contribution in [0.25, 0.3) is 10.6 Å². The fourth-order valence-corrected chi connectivity index (χ4v) is 2.80. The molecule has 14 heavy (non-hydrogen) atoms. The quantitative estimate of drug-likeness (QED) is 0.741. The number of nitrogens with zero attached hydrogens (tertiary/aromatic N) is 2. The standard InChI is InChI=1S/C9H6ClIN2S/c1-5-2-3-6(7(10)4-5)8-12-9(11)13-14-8/h2-4H,1H3. The molecule has 0 N–H and O–H groups in total. The Morgan fingerprint density at radius 1 is 1.43 bits per heavy atom. The fourth-order valence-electron chi connectivity index (χ4n) is 1.11. The molecule has 5 heteroatoms. The minimum atomic E-state index is 0.734. The van der Waals surface area contributed by atoms with Gasteiger partial charge in [0.2, 0.25) is 3.83 Å². The summed E-state index contributed by atoms with van der Waals surface area (Å²) in [5, 5.41) is 1.61. The van der Waals surface area contributed by atoms with Crippen molar-refractivity contribution in [3.05, 3.63) is 32.6 Å². The van der Waals surface area contributed by atoms with Gasteiger partial charge >= 0.3 is 0 Å². The van der Waals surface area contributed by atoms with Gasteiger partial charge in [-0.05, 0) is 30.1 Å². The summed E-state index contributed by atoms with van der Waals surface area (Å²) in [6.45, 7) is 2.01. The summed E-state index contributed by atoms with van der Waals surface area (Å²) in [5.41, 5.74) is 2.11. The summed E-state index contributed by atoms with van der Waals surface area (Å²) in [5.74, 6) is 0. The van der Waals surface area contributed by atoms with Gasteiger partial charge < -0.3 is 0 Å². The zero-order valence-electron chi connectivity index (χ0n) is 7.29. The fraction of sp³-hybridized carbons (Fsp3) is 0.111. The molecule has 2 aromatic rings. The van der Waals surface area contributed by atoms with Crippen LogP contribution in [0.15, 0.2) is 18.2 Å². The van der Waals surface area contributed by atoms with Crippen LogP contribution < -0.4 is 0 Å². The highest BCUT2D eigenvalue weighted by molar-refractivity contribution is 14.1. The van der Waals surface area contributed by atoms with E-state index in [2.05, 4.69) is 31.9 Å². The van der Waals surface area contributed by atoms with E-state index in [9.17, 15) is 0 Å². The molecular formula is C9H6ClIN2S. The molecule has 0 aliphatic carbocycles. The summed E-state index contributed by atoms with van der Waals surface area (Å²) >= 11 is 9.57. The van der Waals surface area contributed by atoms with Crippen LogP contribution in [-0.4, -0.2) is 9.36 Å². The zero-order valence-corrected chi connectivity index (χ0v) is 11.0. The van der Waals surface area contributed by atoms with Crippen molar-refractivity contribution >= 4 is 45.7 Å². The van der Waals surface area contributed by atoms with Crippen LogP contribution in [-0.2, 0) is 0 Å². The van der Waals surface area contributed by atoms with Gasteiger partial charge in [-0.3, -0.25) is 0 Å². The van der Waals surface area contributed by atoms with Gasteiger partial charge in [0.05, 0.1) is 5.02 Å². The second-order valence-electron chi connectivity index (χ2n) is 2.85. The van der Waals surface area contributed by atoms with Gasteiger partial charge in [-0.2, -0.15) is 4.37 Å². The Kier molecular flexibility index (Phi) is 3.04. The van der Waals surface area contributed by atoms with Crippen molar-refractivity contribution in [2.45, 2.75) is 6.92 Å². The second kappa shape index (κ2) is 4.12. The van der Waals surface area contributed by atoms with Crippen LogP contribution >= 0.6 is 45.7 Å². The van der Waals surface area contributed by atoms with Crippen LogP contribution in [0.2, 0.25) is 5.02 Å². The van der Waals surface area contributed by atoms with Gasteiger partial charge in [0.15, 0.2) is 0 Å². The van der Waals surface area contributed by atoms with E-state index in [0.29, 0.717) is 0 Å². The van der Waals surface area contributed by atoms with E-state index in [1.807, 2.05) is 25.1 Å². The Morgan fingerprint density at radius 2 is 2.21 bits per heavy atom. The SMILES string of the molecule is Cc1ccc(-c2nc(I)ns2)c(Cl)c1. The molecule has 0 amide bonds. The topological polar surface area (TPSA) is 25.8 Å². The number of aromatic nitrogens is 2. The van der Waals surface area contributed by atoms with Gasteiger partial charge in [-0.1, -0.05) is 23.7 Å². The molecule has 0 radical (unpaired) electrons. The lowest BCUT2D eigenvalue weighted by molar-refractivity contribution is 1.25. The molecule has 0 unspecified atom stereocenters. The normalized spacial score (nSPS) is 10.5. The minimum Gasteiger partial charge on any atom is -0.210 e. The second-order valence-corrected chi connectivity index (χ2v) is 4.98. The summed E-state index contributed by atoms with van der Waals surface area (Å²) in [6.07, 6.45) is 0. The number of benzene rings is 1. The largest absolute Gasteiger partial charge is 0.210 e. The highest BCUT2D eigenvalue weighted by Gasteiger charge is 2.08. The molecule has 0 bridgehead atoms. The first kappa shape index (κ1) is 10.3. The molecule has 0 aliphatic rings. The lowest BCUT2D eigenvalue weighted by Crippen LogP contribution is -1.80. The molecule has 0 saturated heterocycles. The maximum atomic E-state index is 6.11. The predicted octanol–water partition coefficient (Wildman–Crippen LogP) is 3.77. The Hall–Kier alpha value is -0.200. The maximum absolute atomic E-state index is 6.11. The third-order valence-corrected chi connectivity index (χ3v) is 3.63. The van der Waals surface area contributed by atoms with E-state index in [1.54, 1.807) is 0 Å². The van der Waals surface area contributed by atoms with Crippen LogP contribution in [0.5, 0.6) is 0 Å². The monoisotopic (exact) mass is 336 g/mol. The van der Waals surface area contributed by atoms with Crippen molar-refractivity contribution in [1.82, 2.24) is 9.36 Å². The highest BCUT2D eigenvalue weighted by Crippen LogP contribution is 2.29. The van der Waals surface area contributed by atoms with Crippen molar-refractivity contribution in [1.29, 1.82) is 0 Å². The molecule has 0 atom stereocenters. The summed E-state index contributed by atoms with van der Waals surface area (Å²) in [6, 6.07) is 5.94. The lowest BCUT2D eigenvalue weighted by atomic mass is 10.1. The Balaban J connectivity index is 2.52. The Morgan fingerprint density at radius 3 is 2.79 bits per heavy atom. The number of aryl methyl sites for hydroxylation is 1. The molecule has 0 fully saturated rings. The van der Waals surface area contributed by atoms with Crippen molar-refractivity contribution in [2.75, 3.05) is 0 Å². The van der Waals surface area contributed by atoms with Crippen molar-refractivity contribution < 1.29 is 0 Å². The van der Waals surface area contributed by atoms with Crippen molar-refractivity contribution in [3.8, 4) is 10.6 Å². The average Bonchev–Trinajstić information content (AvgIpc) is 2.51.